The molecule has 0 unspecified atom stereocenters. The van der Waals surface area contributed by atoms with Crippen molar-refractivity contribution in [3.63, 3.8) is 0 Å². The molecule has 0 radical (unpaired) electrons. The van der Waals surface area contributed by atoms with Gasteiger partial charge in [-0.25, -0.2) is 18.2 Å². The maximum atomic E-state index is 13.3. The van der Waals surface area contributed by atoms with E-state index >= 15 is 0 Å². The minimum absolute atomic E-state index is 0.0371. The van der Waals surface area contributed by atoms with Crippen LogP contribution in [0.2, 0.25) is 0 Å². The predicted molar refractivity (Wildman–Crippen MR) is 158 cm³/mol. The second-order valence-corrected chi connectivity index (χ2v) is 12.7. The van der Waals surface area contributed by atoms with Gasteiger partial charge in [-0.2, -0.15) is 4.98 Å². The van der Waals surface area contributed by atoms with Crippen molar-refractivity contribution in [2.24, 2.45) is 0 Å². The molecule has 2 N–H and O–H groups in total. The van der Waals surface area contributed by atoms with Crippen LogP contribution in [-0.2, 0) is 20.2 Å². The predicted octanol–water partition coefficient (Wildman–Crippen LogP) is 5.81. The number of nitrogens with zero attached hydrogens (tertiary/aromatic N) is 2. The molecule has 1 amide bonds. The van der Waals surface area contributed by atoms with Crippen molar-refractivity contribution in [2.45, 2.75) is 69.2 Å². The van der Waals surface area contributed by atoms with E-state index in [1.165, 1.54) is 13.5 Å². The molecule has 0 aliphatic heterocycles. The van der Waals surface area contributed by atoms with Crippen LogP contribution in [0.25, 0.3) is 0 Å². The summed E-state index contributed by atoms with van der Waals surface area (Å²) >= 11 is 0. The maximum absolute atomic E-state index is 13.3. The number of alkyl carbamates (subject to hydrolysis) is 1. The summed E-state index contributed by atoms with van der Waals surface area (Å²) in [6.45, 7) is 6.04. The van der Waals surface area contributed by atoms with E-state index in [0.717, 1.165) is 37.6 Å². The van der Waals surface area contributed by atoms with Crippen LogP contribution in [0.15, 0.2) is 59.8 Å². The number of carbonyl (C=O) groups is 1. The summed E-state index contributed by atoms with van der Waals surface area (Å²) < 4.78 is 51.5. The van der Waals surface area contributed by atoms with Crippen LogP contribution in [0.3, 0.4) is 0 Å². The van der Waals surface area contributed by atoms with Gasteiger partial charge in [0.25, 0.3) is 15.9 Å². The highest BCUT2D eigenvalue weighted by Gasteiger charge is 2.24. The largest absolute Gasteiger partial charge is 0.497 e. The molecule has 11 nitrogen and oxygen atoms in total. The summed E-state index contributed by atoms with van der Waals surface area (Å²) in [7, 11) is -2.53. The molecular weight excluding hydrogens is 560 g/mol. The Hall–Kier alpha value is -4.06. The smallest absolute Gasteiger partial charge is 0.407 e. The molecule has 1 saturated carbocycles. The van der Waals surface area contributed by atoms with Gasteiger partial charge in [-0.3, -0.25) is 4.72 Å². The number of benzene rings is 2. The van der Waals surface area contributed by atoms with Crippen molar-refractivity contribution in [2.75, 3.05) is 25.0 Å². The molecule has 1 aliphatic rings. The number of sulfonamides is 1. The van der Waals surface area contributed by atoms with Gasteiger partial charge in [-0.1, -0.05) is 58.2 Å². The van der Waals surface area contributed by atoms with E-state index in [9.17, 15) is 13.2 Å². The molecule has 12 heteroatoms. The van der Waals surface area contributed by atoms with E-state index in [1.807, 2.05) is 20.8 Å². The minimum Gasteiger partial charge on any atom is -0.497 e. The summed E-state index contributed by atoms with van der Waals surface area (Å²) in [5.74, 6) is 0.646. The highest BCUT2D eigenvalue weighted by molar-refractivity contribution is 7.92. The third kappa shape index (κ3) is 8.48. The molecule has 0 saturated heterocycles. The van der Waals surface area contributed by atoms with Crippen LogP contribution >= 0.6 is 0 Å². The average molecular weight is 599 g/mol. The molecule has 42 heavy (non-hydrogen) atoms. The summed E-state index contributed by atoms with van der Waals surface area (Å²) in [6.07, 6.45) is 5.89. The van der Waals surface area contributed by atoms with Gasteiger partial charge < -0.3 is 24.3 Å². The van der Waals surface area contributed by atoms with Crippen molar-refractivity contribution in [3.05, 3.63) is 60.4 Å². The van der Waals surface area contributed by atoms with Gasteiger partial charge in [0.15, 0.2) is 5.82 Å². The van der Waals surface area contributed by atoms with Crippen LogP contribution in [0, 0.1) is 0 Å². The fraction of sp³-hybridized carbons (Fsp3) is 0.433. The molecule has 0 spiro atoms. The first-order chi connectivity index (χ1) is 20.0. The fourth-order valence-corrected chi connectivity index (χ4v) is 5.47. The number of anilines is 1. The van der Waals surface area contributed by atoms with Gasteiger partial charge in [0.05, 0.1) is 12.0 Å². The number of hydrogen-bond donors (Lipinski definition) is 2. The molecular formula is C30H38N4O7S. The van der Waals surface area contributed by atoms with Gasteiger partial charge in [0, 0.05) is 12.1 Å². The highest BCUT2D eigenvalue weighted by Crippen LogP contribution is 2.37. The Morgan fingerprint density at radius 3 is 2.38 bits per heavy atom. The number of methoxy groups -OCH3 is 1. The van der Waals surface area contributed by atoms with Crippen molar-refractivity contribution < 1.29 is 32.2 Å². The SMILES string of the molecule is COc1cccc(Oc2c(NS(=O)(=O)c3ccc(C(C)(C)C)cc3)ncnc2OCCOC(=O)NC2CCCCC2)c1. The van der Waals surface area contributed by atoms with Crippen LogP contribution in [0.4, 0.5) is 10.6 Å². The number of aromatic nitrogens is 2. The Balaban J connectivity index is 1.51. The molecule has 1 aromatic heterocycles. The highest BCUT2D eigenvalue weighted by atomic mass is 32.2. The lowest BCUT2D eigenvalue weighted by Crippen LogP contribution is -2.37. The summed E-state index contributed by atoms with van der Waals surface area (Å²) in [4.78, 5) is 20.5. The lowest BCUT2D eigenvalue weighted by atomic mass is 9.87. The van der Waals surface area contributed by atoms with Crippen LogP contribution in [0.5, 0.6) is 23.1 Å². The molecule has 226 valence electrons. The quantitative estimate of drug-likeness (QED) is 0.262. The molecule has 4 rings (SSSR count). The first-order valence-electron chi connectivity index (χ1n) is 13.9. The normalized spacial score (nSPS) is 14.1. The van der Waals surface area contributed by atoms with Crippen molar-refractivity contribution in [1.82, 2.24) is 15.3 Å². The molecule has 1 fully saturated rings. The topological polar surface area (TPSA) is 138 Å². The standard InChI is InChI=1S/C30H38N4O7S/c1-30(2,3)21-13-15-25(16-14-21)42(36,37)34-27-26(41-24-12-8-11-23(19-24)38-4)28(32-20-31-27)39-17-18-40-29(35)33-22-9-6-5-7-10-22/h8,11-16,19-20,22H,5-7,9-10,17-18H2,1-4H3,(H,33,35)(H,31,32,34). The lowest BCUT2D eigenvalue weighted by Gasteiger charge is -2.22. The van der Waals surface area contributed by atoms with Crippen molar-refractivity contribution >= 4 is 21.9 Å². The molecule has 0 atom stereocenters. The molecule has 3 aromatic rings. The van der Waals surface area contributed by atoms with E-state index in [1.54, 1.807) is 48.5 Å². The zero-order valence-corrected chi connectivity index (χ0v) is 25.2. The Morgan fingerprint density at radius 1 is 0.976 bits per heavy atom. The van der Waals surface area contributed by atoms with Crippen LogP contribution < -0.4 is 24.2 Å². The number of rotatable bonds is 11. The number of ether oxygens (including phenoxy) is 4. The Labute approximate surface area is 247 Å². The molecule has 1 heterocycles. The maximum Gasteiger partial charge on any atom is 0.407 e. The fourth-order valence-electron chi connectivity index (χ4n) is 4.46. The third-order valence-electron chi connectivity index (χ3n) is 6.78. The monoisotopic (exact) mass is 598 g/mol. The van der Waals surface area contributed by atoms with Crippen LogP contribution in [-0.4, -0.2) is 50.8 Å². The van der Waals surface area contributed by atoms with Gasteiger partial charge in [0.1, 0.15) is 31.0 Å². The summed E-state index contributed by atoms with van der Waals surface area (Å²) in [5, 5.41) is 2.88. The van der Waals surface area contributed by atoms with Gasteiger partial charge >= 0.3 is 6.09 Å². The Kier molecular flexibility index (Phi) is 10.1. The van der Waals surface area contributed by atoms with Crippen LogP contribution in [0.1, 0.15) is 58.4 Å². The van der Waals surface area contributed by atoms with E-state index in [2.05, 4.69) is 20.0 Å². The van der Waals surface area contributed by atoms with E-state index < -0.39 is 16.1 Å². The first kappa shape index (κ1) is 30.9. The number of amides is 1. The molecule has 0 bridgehead atoms. The van der Waals surface area contributed by atoms with E-state index in [4.69, 9.17) is 18.9 Å². The Bertz CT molecular complexity index is 1450. The first-order valence-corrected chi connectivity index (χ1v) is 15.4. The number of carbonyl (C=O) groups excluding carboxylic acids is 1. The van der Waals surface area contributed by atoms with E-state index in [0.29, 0.717) is 11.5 Å². The second kappa shape index (κ2) is 13.7. The van der Waals surface area contributed by atoms with Gasteiger partial charge in [0.2, 0.25) is 5.75 Å². The molecule has 2 aromatic carbocycles. The van der Waals surface area contributed by atoms with E-state index in [-0.39, 0.29) is 47.0 Å². The van der Waals surface area contributed by atoms with Gasteiger partial charge in [-0.15, -0.1) is 0 Å². The number of nitrogens with one attached hydrogen (secondary N) is 2. The minimum atomic E-state index is -4.05. The second-order valence-electron chi connectivity index (χ2n) is 11.0. The average Bonchev–Trinajstić information content (AvgIpc) is 2.97. The summed E-state index contributed by atoms with van der Waals surface area (Å²) in [5.41, 5.74) is 0.864. The van der Waals surface area contributed by atoms with Gasteiger partial charge in [-0.05, 0) is 48.1 Å². The zero-order valence-electron chi connectivity index (χ0n) is 24.4. The Morgan fingerprint density at radius 2 is 1.69 bits per heavy atom. The third-order valence-corrected chi connectivity index (χ3v) is 8.13. The number of hydrogen-bond acceptors (Lipinski definition) is 9. The summed E-state index contributed by atoms with van der Waals surface area (Å²) in [6, 6.07) is 13.5. The van der Waals surface area contributed by atoms with Crippen molar-refractivity contribution in [1.29, 1.82) is 0 Å². The lowest BCUT2D eigenvalue weighted by molar-refractivity contribution is 0.118. The molecule has 1 aliphatic carbocycles. The zero-order chi connectivity index (χ0) is 30.2. The van der Waals surface area contributed by atoms with Crippen molar-refractivity contribution in [3.8, 4) is 23.1 Å².